The number of hydrogen-bond acceptors (Lipinski definition) is 2. The zero-order valence-corrected chi connectivity index (χ0v) is 9.27. The van der Waals surface area contributed by atoms with Crippen LogP contribution >= 0.6 is 0 Å². The fraction of sp³-hybridized carbons (Fsp3) is 0.700. The molecule has 0 aromatic carbocycles. The second kappa shape index (κ2) is 6.65. The van der Waals surface area contributed by atoms with E-state index in [-0.39, 0.29) is 6.42 Å². The van der Waals surface area contributed by atoms with Crippen LogP contribution in [0.5, 0.6) is 0 Å². The molecule has 0 radical (unpaired) electrons. The Kier molecular flexibility index (Phi) is 6.20. The van der Waals surface area contributed by atoms with Crippen molar-refractivity contribution in [2.24, 2.45) is 0 Å². The van der Waals surface area contributed by atoms with E-state index in [0.29, 0.717) is 6.08 Å². The summed E-state index contributed by atoms with van der Waals surface area (Å²) >= 11 is 0. The highest BCUT2D eigenvalue weighted by Crippen LogP contribution is 2.29. The summed E-state index contributed by atoms with van der Waals surface area (Å²) < 4.78 is 77.2. The molecule has 8 heteroatoms. The normalized spacial score (nSPS) is 14.1. The van der Waals surface area contributed by atoms with Crippen LogP contribution in [0.15, 0.2) is 12.7 Å². The van der Waals surface area contributed by atoms with Crippen LogP contribution in [0.25, 0.3) is 0 Å². The van der Waals surface area contributed by atoms with E-state index in [1.807, 2.05) is 0 Å². The Morgan fingerprint density at radius 1 is 1.22 bits per heavy atom. The van der Waals surface area contributed by atoms with Crippen LogP contribution in [-0.4, -0.2) is 24.4 Å². The molecule has 18 heavy (non-hydrogen) atoms. The summed E-state index contributed by atoms with van der Waals surface area (Å²) in [6, 6.07) is 0. The highest BCUT2D eigenvalue weighted by molar-refractivity contribution is 5.81. The van der Waals surface area contributed by atoms with E-state index in [1.54, 1.807) is 0 Å². The molecule has 0 aliphatic carbocycles. The number of carbonyl (C=O) groups excluding carboxylic acids is 1. The zero-order valence-electron chi connectivity index (χ0n) is 9.27. The van der Waals surface area contributed by atoms with Crippen molar-refractivity contribution < 1.29 is 35.9 Å². The summed E-state index contributed by atoms with van der Waals surface area (Å²) in [6.45, 7) is 2.85. The van der Waals surface area contributed by atoms with E-state index in [0.717, 1.165) is 0 Å². The third kappa shape index (κ3) is 7.18. The molecular formula is C10H12F6O2. The van der Waals surface area contributed by atoms with Crippen molar-refractivity contribution in [3.63, 3.8) is 0 Å². The summed E-state index contributed by atoms with van der Waals surface area (Å²) in [5.41, 5.74) is 0. The summed E-state index contributed by atoms with van der Waals surface area (Å²) in [4.78, 5) is 10.5. The van der Waals surface area contributed by atoms with Crippen LogP contribution < -0.4 is 0 Å². The molecule has 0 saturated carbocycles. The average molecular weight is 278 g/mol. The standard InChI is InChI=1S/C10H12F6O2/c1-2-8(17)18-10(15,16)7(11)5-3-4-6-9(12,13)14/h2,7H,1,3-6H2. The molecule has 0 aromatic heterocycles. The molecule has 106 valence electrons. The van der Waals surface area contributed by atoms with Gasteiger partial charge in [-0.2, -0.15) is 22.0 Å². The van der Waals surface area contributed by atoms with Crippen molar-refractivity contribution in [3.05, 3.63) is 12.7 Å². The number of hydrogen-bond donors (Lipinski definition) is 0. The predicted octanol–water partition coefficient (Wildman–Crippen LogP) is 3.77. The van der Waals surface area contributed by atoms with E-state index < -0.39 is 43.7 Å². The van der Waals surface area contributed by atoms with E-state index in [2.05, 4.69) is 11.3 Å². The minimum Gasteiger partial charge on any atom is -0.395 e. The summed E-state index contributed by atoms with van der Waals surface area (Å²) in [5, 5.41) is 0. The molecule has 0 N–H and O–H groups in total. The first-order valence-electron chi connectivity index (χ1n) is 5.02. The molecule has 0 aromatic rings. The summed E-state index contributed by atoms with van der Waals surface area (Å²) in [7, 11) is 0. The van der Waals surface area contributed by atoms with Gasteiger partial charge in [-0.1, -0.05) is 6.58 Å². The Morgan fingerprint density at radius 3 is 2.22 bits per heavy atom. The highest BCUT2D eigenvalue weighted by atomic mass is 19.4. The van der Waals surface area contributed by atoms with Crippen molar-refractivity contribution in [1.29, 1.82) is 0 Å². The van der Waals surface area contributed by atoms with Gasteiger partial charge in [0.05, 0.1) is 0 Å². The average Bonchev–Trinajstić information content (AvgIpc) is 2.21. The van der Waals surface area contributed by atoms with Crippen LogP contribution in [0.1, 0.15) is 25.7 Å². The zero-order chi connectivity index (χ0) is 14.4. The fourth-order valence-corrected chi connectivity index (χ4v) is 1.06. The number of unbranched alkanes of at least 4 members (excludes halogenated alkanes) is 1. The molecule has 1 atom stereocenters. The molecule has 0 aliphatic heterocycles. The van der Waals surface area contributed by atoms with Crippen LogP contribution in [0, 0.1) is 0 Å². The van der Waals surface area contributed by atoms with Gasteiger partial charge in [0.25, 0.3) is 0 Å². The molecule has 0 heterocycles. The number of alkyl halides is 6. The minimum absolute atomic E-state index is 0.387. The van der Waals surface area contributed by atoms with Gasteiger partial charge >= 0.3 is 18.3 Å². The third-order valence-electron chi connectivity index (χ3n) is 1.94. The molecule has 1 unspecified atom stereocenters. The van der Waals surface area contributed by atoms with Crippen molar-refractivity contribution in [3.8, 4) is 0 Å². The van der Waals surface area contributed by atoms with Crippen molar-refractivity contribution in [2.75, 3.05) is 0 Å². The Hall–Kier alpha value is -1.21. The summed E-state index contributed by atoms with van der Waals surface area (Å²) in [5.74, 6) is -1.50. The van der Waals surface area contributed by atoms with Gasteiger partial charge in [0, 0.05) is 12.5 Å². The van der Waals surface area contributed by atoms with Gasteiger partial charge < -0.3 is 4.74 Å². The Morgan fingerprint density at radius 2 is 1.78 bits per heavy atom. The SMILES string of the molecule is C=CC(=O)OC(F)(F)C(F)CCCCC(F)(F)F. The van der Waals surface area contributed by atoms with E-state index in [9.17, 15) is 31.1 Å². The Balaban J connectivity index is 4.03. The van der Waals surface area contributed by atoms with Crippen LogP contribution in [0.4, 0.5) is 26.3 Å². The molecule has 0 amide bonds. The number of carbonyl (C=O) groups is 1. The highest BCUT2D eigenvalue weighted by Gasteiger charge is 2.43. The molecule has 0 aliphatic rings. The first-order valence-corrected chi connectivity index (χ1v) is 5.02. The number of esters is 1. The maximum absolute atomic E-state index is 13.0. The van der Waals surface area contributed by atoms with E-state index in [4.69, 9.17) is 0 Å². The number of halogens is 6. The lowest BCUT2D eigenvalue weighted by atomic mass is 10.1. The monoisotopic (exact) mass is 278 g/mol. The minimum atomic E-state index is -4.40. The third-order valence-corrected chi connectivity index (χ3v) is 1.94. The first-order chi connectivity index (χ1) is 8.08. The first kappa shape index (κ1) is 16.8. The van der Waals surface area contributed by atoms with E-state index >= 15 is 0 Å². The molecule has 0 bridgehead atoms. The number of rotatable bonds is 7. The van der Waals surface area contributed by atoms with E-state index in [1.165, 1.54) is 0 Å². The molecule has 2 nitrogen and oxygen atoms in total. The summed E-state index contributed by atoms with van der Waals surface area (Å²) in [6.07, 6.45) is -14.0. The predicted molar refractivity (Wildman–Crippen MR) is 50.7 cm³/mol. The Labute approximate surface area is 99.6 Å². The van der Waals surface area contributed by atoms with Gasteiger partial charge in [-0.15, -0.1) is 0 Å². The van der Waals surface area contributed by atoms with Gasteiger partial charge in [-0.05, 0) is 19.3 Å². The second-order valence-electron chi connectivity index (χ2n) is 3.52. The van der Waals surface area contributed by atoms with Gasteiger partial charge in [-0.3, -0.25) is 0 Å². The Bertz CT molecular complexity index is 287. The van der Waals surface area contributed by atoms with Crippen LogP contribution in [-0.2, 0) is 9.53 Å². The molecular weight excluding hydrogens is 266 g/mol. The lowest BCUT2D eigenvalue weighted by molar-refractivity contribution is -0.258. The van der Waals surface area contributed by atoms with Gasteiger partial charge in [0.2, 0.25) is 6.17 Å². The quantitative estimate of drug-likeness (QED) is 0.307. The molecule has 0 spiro atoms. The molecule has 0 fully saturated rings. The van der Waals surface area contributed by atoms with Gasteiger partial charge in [-0.25, -0.2) is 9.18 Å². The second-order valence-corrected chi connectivity index (χ2v) is 3.52. The molecule has 0 rings (SSSR count). The van der Waals surface area contributed by atoms with Crippen molar-refractivity contribution >= 4 is 5.97 Å². The van der Waals surface area contributed by atoms with Gasteiger partial charge in [0.1, 0.15) is 0 Å². The lowest BCUT2D eigenvalue weighted by Crippen LogP contribution is -2.35. The lowest BCUT2D eigenvalue weighted by Gasteiger charge is -2.19. The topological polar surface area (TPSA) is 26.3 Å². The van der Waals surface area contributed by atoms with Gasteiger partial charge in [0.15, 0.2) is 0 Å². The van der Waals surface area contributed by atoms with Crippen LogP contribution in [0.3, 0.4) is 0 Å². The van der Waals surface area contributed by atoms with Crippen LogP contribution in [0.2, 0.25) is 0 Å². The fourth-order valence-electron chi connectivity index (χ4n) is 1.06. The van der Waals surface area contributed by atoms with Crippen molar-refractivity contribution in [1.82, 2.24) is 0 Å². The van der Waals surface area contributed by atoms with Crippen molar-refractivity contribution in [2.45, 2.75) is 44.1 Å². The maximum Gasteiger partial charge on any atom is 0.432 e. The smallest absolute Gasteiger partial charge is 0.395 e. The maximum atomic E-state index is 13.0. The molecule has 0 saturated heterocycles. The largest absolute Gasteiger partial charge is 0.432 e. The number of ether oxygens (including phenoxy) is 1.